The molecule has 6 heteroatoms. The van der Waals surface area contributed by atoms with Gasteiger partial charge in [0.05, 0.1) is 5.69 Å². The van der Waals surface area contributed by atoms with E-state index >= 15 is 0 Å². The van der Waals surface area contributed by atoms with Gasteiger partial charge in [-0.1, -0.05) is 46.3 Å². The first-order valence-corrected chi connectivity index (χ1v) is 8.88. The summed E-state index contributed by atoms with van der Waals surface area (Å²) in [4.78, 5) is 16.0. The molecule has 1 fully saturated rings. The smallest absolute Gasteiger partial charge is 0.223 e. The summed E-state index contributed by atoms with van der Waals surface area (Å²) in [5.74, 6) is 1.09. The van der Waals surface area contributed by atoms with Gasteiger partial charge in [-0.2, -0.15) is 0 Å². The maximum atomic E-state index is 11.9. The SMILES string of the molecule is O=C(CCBr)N1CCN(c2ccc(-c3ccccc3)nn2)CC1. The standard InChI is InChI=1S/C17H19BrN4O/c18-9-8-17(23)22-12-10-21(11-13-22)16-7-6-15(19-20-16)14-4-2-1-3-5-14/h1-7H,8-13H2. The number of hydrogen-bond donors (Lipinski definition) is 0. The predicted octanol–water partition coefficient (Wildman–Crippen LogP) is 2.58. The lowest BCUT2D eigenvalue weighted by Crippen LogP contribution is -2.49. The van der Waals surface area contributed by atoms with E-state index in [1.54, 1.807) is 0 Å². The van der Waals surface area contributed by atoms with Crippen molar-refractivity contribution in [1.29, 1.82) is 0 Å². The number of alkyl halides is 1. The average Bonchev–Trinajstić information content (AvgIpc) is 2.63. The van der Waals surface area contributed by atoms with Crippen LogP contribution >= 0.6 is 15.9 Å². The summed E-state index contributed by atoms with van der Waals surface area (Å²) in [5.41, 5.74) is 1.94. The Balaban J connectivity index is 1.62. The van der Waals surface area contributed by atoms with Crippen molar-refractivity contribution in [3.8, 4) is 11.3 Å². The highest BCUT2D eigenvalue weighted by molar-refractivity contribution is 9.09. The minimum absolute atomic E-state index is 0.215. The van der Waals surface area contributed by atoms with E-state index in [1.807, 2.05) is 47.4 Å². The van der Waals surface area contributed by atoms with Crippen molar-refractivity contribution in [2.45, 2.75) is 6.42 Å². The van der Waals surface area contributed by atoms with E-state index in [9.17, 15) is 4.79 Å². The number of nitrogens with zero attached hydrogens (tertiary/aromatic N) is 4. The van der Waals surface area contributed by atoms with Gasteiger partial charge in [-0.3, -0.25) is 4.79 Å². The van der Waals surface area contributed by atoms with Crippen LogP contribution in [-0.2, 0) is 4.79 Å². The molecule has 2 heterocycles. The fraction of sp³-hybridized carbons (Fsp3) is 0.353. The normalized spacial score (nSPS) is 14.8. The molecule has 5 nitrogen and oxygen atoms in total. The minimum atomic E-state index is 0.215. The van der Waals surface area contributed by atoms with Crippen molar-refractivity contribution >= 4 is 27.7 Å². The van der Waals surface area contributed by atoms with Crippen LogP contribution in [0.15, 0.2) is 42.5 Å². The summed E-state index contributed by atoms with van der Waals surface area (Å²) in [6, 6.07) is 14.0. The molecule has 120 valence electrons. The average molecular weight is 375 g/mol. The molecular weight excluding hydrogens is 356 g/mol. The molecule has 0 atom stereocenters. The van der Waals surface area contributed by atoms with E-state index in [4.69, 9.17) is 0 Å². The Kier molecular flexibility index (Phi) is 5.23. The fourth-order valence-corrected chi connectivity index (χ4v) is 3.02. The first-order valence-electron chi connectivity index (χ1n) is 7.76. The number of benzene rings is 1. The molecular formula is C17H19BrN4O. The van der Waals surface area contributed by atoms with Gasteiger partial charge in [-0.15, -0.1) is 10.2 Å². The van der Waals surface area contributed by atoms with Gasteiger partial charge in [-0.25, -0.2) is 0 Å². The lowest BCUT2D eigenvalue weighted by Gasteiger charge is -2.35. The van der Waals surface area contributed by atoms with Crippen LogP contribution in [0.2, 0.25) is 0 Å². The van der Waals surface area contributed by atoms with Gasteiger partial charge in [-0.05, 0) is 12.1 Å². The van der Waals surface area contributed by atoms with Crippen molar-refractivity contribution in [1.82, 2.24) is 15.1 Å². The molecule has 1 aliphatic heterocycles. The summed E-state index contributed by atoms with van der Waals surface area (Å²) in [6.07, 6.45) is 0.561. The second-order valence-electron chi connectivity index (χ2n) is 5.45. The zero-order chi connectivity index (χ0) is 16.1. The Bertz CT molecular complexity index is 639. The Hall–Kier alpha value is -1.95. The molecule has 1 aromatic heterocycles. The van der Waals surface area contributed by atoms with E-state index in [1.165, 1.54) is 0 Å². The van der Waals surface area contributed by atoms with Gasteiger partial charge in [0.25, 0.3) is 0 Å². The van der Waals surface area contributed by atoms with Crippen LogP contribution in [-0.4, -0.2) is 52.5 Å². The predicted molar refractivity (Wildman–Crippen MR) is 94.7 cm³/mol. The summed E-state index contributed by atoms with van der Waals surface area (Å²) < 4.78 is 0. The van der Waals surface area contributed by atoms with Crippen molar-refractivity contribution < 1.29 is 4.79 Å². The first kappa shape index (κ1) is 15.9. The molecule has 0 spiro atoms. The monoisotopic (exact) mass is 374 g/mol. The van der Waals surface area contributed by atoms with Crippen molar-refractivity contribution in [3.05, 3.63) is 42.5 Å². The number of hydrogen-bond acceptors (Lipinski definition) is 4. The Morgan fingerprint density at radius 2 is 1.74 bits per heavy atom. The summed E-state index contributed by atoms with van der Waals surface area (Å²) in [7, 11) is 0. The number of aromatic nitrogens is 2. The lowest BCUT2D eigenvalue weighted by atomic mass is 10.1. The minimum Gasteiger partial charge on any atom is -0.352 e. The molecule has 3 rings (SSSR count). The van der Waals surface area contributed by atoms with Crippen LogP contribution in [0.5, 0.6) is 0 Å². The number of rotatable bonds is 4. The summed E-state index contributed by atoms with van der Waals surface area (Å²) >= 11 is 3.31. The summed E-state index contributed by atoms with van der Waals surface area (Å²) in [6.45, 7) is 3.09. The van der Waals surface area contributed by atoms with E-state index in [-0.39, 0.29) is 5.91 Å². The maximum Gasteiger partial charge on any atom is 0.223 e. The van der Waals surface area contributed by atoms with E-state index in [0.29, 0.717) is 6.42 Å². The first-order chi connectivity index (χ1) is 11.3. The molecule has 0 saturated carbocycles. The van der Waals surface area contributed by atoms with E-state index in [2.05, 4.69) is 31.0 Å². The number of piperazine rings is 1. The fourth-order valence-electron chi connectivity index (χ4n) is 2.68. The lowest BCUT2D eigenvalue weighted by molar-refractivity contribution is -0.131. The molecule has 2 aromatic rings. The van der Waals surface area contributed by atoms with Crippen molar-refractivity contribution in [2.75, 3.05) is 36.4 Å². The molecule has 0 aliphatic carbocycles. The van der Waals surface area contributed by atoms with Crippen LogP contribution in [0, 0.1) is 0 Å². The van der Waals surface area contributed by atoms with Gasteiger partial charge in [0.2, 0.25) is 5.91 Å². The van der Waals surface area contributed by atoms with Gasteiger partial charge >= 0.3 is 0 Å². The van der Waals surface area contributed by atoms with Crippen LogP contribution < -0.4 is 4.90 Å². The highest BCUT2D eigenvalue weighted by Gasteiger charge is 2.21. The Morgan fingerprint density at radius 3 is 2.35 bits per heavy atom. The van der Waals surface area contributed by atoms with Crippen molar-refractivity contribution in [3.63, 3.8) is 0 Å². The zero-order valence-electron chi connectivity index (χ0n) is 12.9. The second kappa shape index (κ2) is 7.55. The molecule has 1 amide bonds. The molecule has 0 unspecified atom stereocenters. The largest absolute Gasteiger partial charge is 0.352 e. The third-order valence-electron chi connectivity index (χ3n) is 3.98. The number of halogens is 1. The zero-order valence-corrected chi connectivity index (χ0v) is 14.4. The number of carbonyl (C=O) groups is 1. The number of anilines is 1. The van der Waals surface area contributed by atoms with Crippen LogP contribution in [0.3, 0.4) is 0 Å². The van der Waals surface area contributed by atoms with E-state index < -0.39 is 0 Å². The number of amides is 1. The molecule has 0 bridgehead atoms. The van der Waals surface area contributed by atoms with Gasteiger partial charge in [0, 0.05) is 43.5 Å². The van der Waals surface area contributed by atoms with Gasteiger partial charge < -0.3 is 9.80 Å². The van der Waals surface area contributed by atoms with Gasteiger partial charge in [0.1, 0.15) is 0 Å². The van der Waals surface area contributed by atoms with Crippen LogP contribution in [0.25, 0.3) is 11.3 Å². The summed E-state index contributed by atoms with van der Waals surface area (Å²) in [5, 5.41) is 9.40. The number of carbonyl (C=O) groups excluding carboxylic acids is 1. The highest BCUT2D eigenvalue weighted by atomic mass is 79.9. The van der Waals surface area contributed by atoms with E-state index in [0.717, 1.165) is 48.6 Å². The second-order valence-corrected chi connectivity index (χ2v) is 6.24. The van der Waals surface area contributed by atoms with Crippen molar-refractivity contribution in [2.24, 2.45) is 0 Å². The third kappa shape index (κ3) is 3.88. The molecule has 1 aromatic carbocycles. The molecule has 1 saturated heterocycles. The topological polar surface area (TPSA) is 49.3 Å². The quantitative estimate of drug-likeness (QED) is 0.771. The van der Waals surface area contributed by atoms with Crippen LogP contribution in [0.1, 0.15) is 6.42 Å². The maximum absolute atomic E-state index is 11.9. The Morgan fingerprint density at radius 1 is 1.00 bits per heavy atom. The third-order valence-corrected chi connectivity index (χ3v) is 4.38. The molecule has 0 radical (unpaired) electrons. The molecule has 0 N–H and O–H groups in total. The van der Waals surface area contributed by atoms with Gasteiger partial charge in [0.15, 0.2) is 5.82 Å². The molecule has 23 heavy (non-hydrogen) atoms. The Labute approximate surface area is 144 Å². The van der Waals surface area contributed by atoms with Crippen LogP contribution in [0.4, 0.5) is 5.82 Å². The highest BCUT2D eigenvalue weighted by Crippen LogP contribution is 2.19. The molecule has 1 aliphatic rings.